The minimum Gasteiger partial charge on any atom is -0.496 e. The number of para-hydroxylation sites is 1. The fraction of sp³-hybridized carbons (Fsp3) is 0.350. The second kappa shape index (κ2) is 7.87. The minimum absolute atomic E-state index is 0.0386. The number of methoxy groups -OCH3 is 1. The molecule has 1 amide bonds. The summed E-state index contributed by atoms with van der Waals surface area (Å²) in [7, 11) is 1.56. The van der Waals surface area contributed by atoms with E-state index in [-0.39, 0.29) is 17.9 Å². The van der Waals surface area contributed by atoms with E-state index in [1.54, 1.807) is 25.3 Å². The van der Waals surface area contributed by atoms with Gasteiger partial charge in [-0.1, -0.05) is 41.4 Å². The Labute approximate surface area is 163 Å². The summed E-state index contributed by atoms with van der Waals surface area (Å²) in [6.45, 7) is 1.16. The van der Waals surface area contributed by atoms with Gasteiger partial charge in [-0.05, 0) is 42.7 Å². The van der Waals surface area contributed by atoms with Gasteiger partial charge in [0.05, 0.1) is 22.7 Å². The summed E-state index contributed by atoms with van der Waals surface area (Å²) in [4.78, 5) is 14.8. The molecule has 0 spiro atoms. The van der Waals surface area contributed by atoms with E-state index in [1.807, 2.05) is 29.2 Å². The van der Waals surface area contributed by atoms with Crippen LogP contribution in [0, 0.1) is 0 Å². The molecule has 0 saturated carbocycles. The van der Waals surface area contributed by atoms with Crippen LogP contribution in [0.15, 0.2) is 42.5 Å². The fourth-order valence-electron chi connectivity index (χ4n) is 3.66. The van der Waals surface area contributed by atoms with Crippen LogP contribution < -0.4 is 4.74 Å². The zero-order chi connectivity index (χ0) is 18.7. The number of amides is 1. The van der Waals surface area contributed by atoms with Gasteiger partial charge in [0.2, 0.25) is 0 Å². The molecule has 6 heteroatoms. The van der Waals surface area contributed by atoms with Gasteiger partial charge in [-0.3, -0.25) is 4.79 Å². The lowest BCUT2D eigenvalue weighted by molar-refractivity contribution is 0.0776. The van der Waals surface area contributed by atoms with Crippen molar-refractivity contribution in [1.82, 2.24) is 4.90 Å². The van der Waals surface area contributed by atoms with Gasteiger partial charge in [0.15, 0.2) is 0 Å². The number of benzene rings is 2. The minimum atomic E-state index is -0.333. The number of rotatable bonds is 5. The molecule has 26 heavy (non-hydrogen) atoms. The quantitative estimate of drug-likeness (QED) is 0.828. The lowest BCUT2D eigenvalue weighted by atomic mass is 9.77. The molecule has 2 aromatic rings. The second-order valence-corrected chi connectivity index (χ2v) is 7.37. The largest absolute Gasteiger partial charge is 0.496 e. The van der Waals surface area contributed by atoms with Gasteiger partial charge in [0.25, 0.3) is 5.91 Å². The molecule has 1 atom stereocenters. The van der Waals surface area contributed by atoms with Crippen LogP contribution >= 0.6 is 23.2 Å². The molecule has 1 fully saturated rings. The number of aliphatic hydroxyl groups is 1. The Morgan fingerprint density at radius 2 is 2.00 bits per heavy atom. The molecule has 1 N–H and O–H groups in total. The number of carbonyl (C=O) groups is 1. The van der Waals surface area contributed by atoms with Crippen LogP contribution in [-0.2, 0) is 5.41 Å². The van der Waals surface area contributed by atoms with Gasteiger partial charge in [-0.25, -0.2) is 0 Å². The highest BCUT2D eigenvalue weighted by molar-refractivity contribution is 6.42. The molecule has 1 saturated heterocycles. The van der Waals surface area contributed by atoms with E-state index in [2.05, 4.69) is 0 Å². The Kier molecular flexibility index (Phi) is 5.76. The van der Waals surface area contributed by atoms with Crippen LogP contribution in [-0.4, -0.2) is 42.7 Å². The smallest absolute Gasteiger partial charge is 0.257 e. The molecular formula is C20H21Cl2NO3. The van der Waals surface area contributed by atoms with E-state index in [4.69, 9.17) is 27.9 Å². The predicted molar refractivity (Wildman–Crippen MR) is 103 cm³/mol. The van der Waals surface area contributed by atoms with Gasteiger partial charge in [0.1, 0.15) is 5.75 Å². The van der Waals surface area contributed by atoms with Crippen molar-refractivity contribution in [1.29, 1.82) is 0 Å². The van der Waals surface area contributed by atoms with Crippen molar-refractivity contribution in [3.8, 4) is 5.75 Å². The van der Waals surface area contributed by atoms with Crippen LogP contribution in [0.1, 0.15) is 28.8 Å². The van der Waals surface area contributed by atoms with Crippen molar-refractivity contribution in [2.45, 2.75) is 18.3 Å². The number of hydrogen-bond acceptors (Lipinski definition) is 3. The highest BCUT2D eigenvalue weighted by atomic mass is 35.5. The van der Waals surface area contributed by atoms with Gasteiger partial charge in [-0.15, -0.1) is 0 Å². The Morgan fingerprint density at radius 3 is 2.69 bits per heavy atom. The Hall–Kier alpha value is -1.75. The molecule has 0 radical (unpaired) electrons. The van der Waals surface area contributed by atoms with Gasteiger partial charge < -0.3 is 14.7 Å². The summed E-state index contributed by atoms with van der Waals surface area (Å²) in [6.07, 6.45) is 1.31. The zero-order valence-corrected chi connectivity index (χ0v) is 16.1. The van der Waals surface area contributed by atoms with E-state index in [0.29, 0.717) is 40.9 Å². The lowest BCUT2D eigenvalue weighted by Crippen LogP contribution is -2.35. The first-order chi connectivity index (χ1) is 12.5. The molecule has 0 bridgehead atoms. The third kappa shape index (κ3) is 3.54. The van der Waals surface area contributed by atoms with Crippen LogP contribution in [0.5, 0.6) is 5.75 Å². The molecular weight excluding hydrogens is 373 g/mol. The second-order valence-electron chi connectivity index (χ2n) is 6.56. The molecule has 1 unspecified atom stereocenters. The summed E-state index contributed by atoms with van der Waals surface area (Å²) in [6, 6.07) is 12.8. The van der Waals surface area contributed by atoms with Crippen LogP contribution in [0.25, 0.3) is 0 Å². The SMILES string of the molecule is COc1ccccc1C(=O)N1CCC(CCO)(c2ccc(Cl)c(Cl)c2)C1. The van der Waals surface area contributed by atoms with Gasteiger partial charge in [-0.2, -0.15) is 0 Å². The fourth-order valence-corrected chi connectivity index (χ4v) is 3.96. The zero-order valence-electron chi connectivity index (χ0n) is 14.5. The maximum atomic E-state index is 13.0. The van der Waals surface area contributed by atoms with Crippen molar-refractivity contribution < 1.29 is 14.6 Å². The van der Waals surface area contributed by atoms with Crippen molar-refractivity contribution in [3.63, 3.8) is 0 Å². The van der Waals surface area contributed by atoms with Crippen LogP contribution in [0.3, 0.4) is 0 Å². The highest BCUT2D eigenvalue weighted by Gasteiger charge is 2.41. The number of aliphatic hydroxyl groups excluding tert-OH is 1. The van der Waals surface area contributed by atoms with E-state index in [1.165, 1.54) is 0 Å². The monoisotopic (exact) mass is 393 g/mol. The topological polar surface area (TPSA) is 49.8 Å². The summed E-state index contributed by atoms with van der Waals surface area (Å²) in [5, 5.41) is 10.6. The molecule has 3 rings (SSSR count). The van der Waals surface area contributed by atoms with E-state index >= 15 is 0 Å². The number of nitrogens with zero attached hydrogens (tertiary/aromatic N) is 1. The number of carbonyl (C=O) groups excluding carboxylic acids is 1. The maximum Gasteiger partial charge on any atom is 0.257 e. The summed E-state index contributed by atoms with van der Waals surface area (Å²) in [5.41, 5.74) is 1.21. The van der Waals surface area contributed by atoms with Gasteiger partial charge in [0, 0.05) is 25.1 Å². The Bertz CT molecular complexity index is 811. The number of ether oxygens (including phenoxy) is 1. The first-order valence-electron chi connectivity index (χ1n) is 8.49. The number of likely N-dealkylation sites (tertiary alicyclic amines) is 1. The normalized spacial score (nSPS) is 19.6. The van der Waals surface area contributed by atoms with E-state index in [0.717, 1.165) is 12.0 Å². The summed E-state index contributed by atoms with van der Waals surface area (Å²) >= 11 is 12.2. The number of halogens is 2. The maximum absolute atomic E-state index is 13.0. The molecule has 1 aliphatic rings. The molecule has 138 valence electrons. The first kappa shape index (κ1) is 19.0. The molecule has 2 aromatic carbocycles. The number of hydrogen-bond donors (Lipinski definition) is 1. The average molecular weight is 394 g/mol. The summed E-state index contributed by atoms with van der Waals surface area (Å²) < 4.78 is 5.32. The first-order valence-corrected chi connectivity index (χ1v) is 9.25. The Morgan fingerprint density at radius 1 is 1.23 bits per heavy atom. The van der Waals surface area contributed by atoms with Crippen LogP contribution in [0.2, 0.25) is 10.0 Å². The predicted octanol–water partition coefficient (Wildman–Crippen LogP) is 4.17. The standard InChI is InChI=1S/C20H21Cl2NO3/c1-26-18-5-3-2-4-15(18)19(25)23-10-8-20(13-23,9-11-24)14-6-7-16(21)17(22)12-14/h2-7,12,24H,8-11,13H2,1H3. The van der Waals surface area contributed by atoms with Crippen molar-refractivity contribution in [2.24, 2.45) is 0 Å². The molecule has 1 aliphatic heterocycles. The lowest BCUT2D eigenvalue weighted by Gasteiger charge is -2.30. The van der Waals surface area contributed by atoms with Crippen molar-refractivity contribution >= 4 is 29.1 Å². The molecule has 0 aromatic heterocycles. The van der Waals surface area contributed by atoms with Gasteiger partial charge >= 0.3 is 0 Å². The molecule has 1 heterocycles. The Balaban J connectivity index is 1.90. The van der Waals surface area contributed by atoms with E-state index in [9.17, 15) is 9.90 Å². The van der Waals surface area contributed by atoms with E-state index < -0.39 is 0 Å². The average Bonchev–Trinajstić information content (AvgIpc) is 3.09. The van der Waals surface area contributed by atoms with Crippen molar-refractivity contribution in [2.75, 3.05) is 26.8 Å². The van der Waals surface area contributed by atoms with Crippen molar-refractivity contribution in [3.05, 3.63) is 63.6 Å². The van der Waals surface area contributed by atoms with Crippen LogP contribution in [0.4, 0.5) is 0 Å². The highest BCUT2D eigenvalue weighted by Crippen LogP contribution is 2.40. The molecule has 0 aliphatic carbocycles. The molecule has 4 nitrogen and oxygen atoms in total. The third-order valence-corrected chi connectivity index (χ3v) is 5.84. The summed E-state index contributed by atoms with van der Waals surface area (Å²) in [5.74, 6) is 0.494. The third-order valence-electron chi connectivity index (χ3n) is 5.10.